The van der Waals surface area contributed by atoms with E-state index in [1.54, 1.807) is 18.2 Å². The smallest absolute Gasteiger partial charge is 0.343 e. The second-order valence-corrected chi connectivity index (χ2v) is 4.72. The lowest BCUT2D eigenvalue weighted by Crippen LogP contribution is -2.10. The first-order valence-corrected chi connectivity index (χ1v) is 6.32. The molecule has 0 saturated heterocycles. The Kier molecular flexibility index (Phi) is 3.06. The number of rotatable bonds is 2. The summed E-state index contributed by atoms with van der Waals surface area (Å²) in [5.41, 5.74) is 2.48. The Labute approximate surface area is 116 Å². The molecule has 0 saturated carbocycles. The summed E-state index contributed by atoms with van der Waals surface area (Å²) < 4.78 is 15.9. The second-order valence-electron chi connectivity index (χ2n) is 4.72. The molecule has 4 nitrogen and oxygen atoms in total. The maximum Gasteiger partial charge on any atom is 0.343 e. The van der Waals surface area contributed by atoms with Crippen LogP contribution in [0, 0.1) is 13.8 Å². The molecule has 4 heteroatoms. The molecule has 0 atom stereocenters. The highest BCUT2D eigenvalue weighted by molar-refractivity contribution is 5.92. The summed E-state index contributed by atoms with van der Waals surface area (Å²) in [7, 11) is 0. The average Bonchev–Trinajstić information content (AvgIpc) is 2.89. The molecule has 1 heterocycles. The molecule has 0 bridgehead atoms. The first-order chi connectivity index (χ1) is 9.63. The van der Waals surface area contributed by atoms with E-state index in [-0.39, 0.29) is 12.8 Å². The fraction of sp³-hybridized carbons (Fsp3) is 0.188. The van der Waals surface area contributed by atoms with Gasteiger partial charge in [-0.05, 0) is 37.6 Å². The van der Waals surface area contributed by atoms with Gasteiger partial charge in [0.1, 0.15) is 5.75 Å². The molecule has 1 aliphatic heterocycles. The van der Waals surface area contributed by atoms with E-state index in [1.807, 2.05) is 32.0 Å². The van der Waals surface area contributed by atoms with Crippen molar-refractivity contribution in [3.63, 3.8) is 0 Å². The van der Waals surface area contributed by atoms with E-state index in [4.69, 9.17) is 14.2 Å². The number of hydrogen-bond acceptors (Lipinski definition) is 4. The normalized spacial score (nSPS) is 12.3. The van der Waals surface area contributed by atoms with Crippen molar-refractivity contribution < 1.29 is 19.0 Å². The van der Waals surface area contributed by atoms with Crippen LogP contribution in [0.1, 0.15) is 21.5 Å². The van der Waals surface area contributed by atoms with Gasteiger partial charge < -0.3 is 14.2 Å². The van der Waals surface area contributed by atoms with Crippen LogP contribution < -0.4 is 14.2 Å². The van der Waals surface area contributed by atoms with Gasteiger partial charge in [0.15, 0.2) is 11.5 Å². The number of fused-ring (bicyclic) bond motifs is 1. The zero-order chi connectivity index (χ0) is 14.1. The minimum absolute atomic E-state index is 0.198. The van der Waals surface area contributed by atoms with E-state index < -0.39 is 0 Å². The van der Waals surface area contributed by atoms with Crippen LogP contribution in [0.5, 0.6) is 17.2 Å². The Balaban J connectivity index is 1.84. The second kappa shape index (κ2) is 4.89. The van der Waals surface area contributed by atoms with Gasteiger partial charge in [-0.3, -0.25) is 0 Å². The lowest BCUT2D eigenvalue weighted by molar-refractivity contribution is 0.0733. The summed E-state index contributed by atoms with van der Waals surface area (Å²) in [6.45, 7) is 4.02. The molecule has 1 aliphatic rings. The van der Waals surface area contributed by atoms with Gasteiger partial charge in [0.25, 0.3) is 0 Å². The maximum absolute atomic E-state index is 12.2. The zero-order valence-corrected chi connectivity index (χ0v) is 11.3. The molecule has 0 fully saturated rings. The Morgan fingerprint density at radius 1 is 1.05 bits per heavy atom. The monoisotopic (exact) mass is 270 g/mol. The number of aryl methyl sites for hydroxylation is 2. The average molecular weight is 270 g/mol. The van der Waals surface area contributed by atoms with Crippen molar-refractivity contribution in [2.45, 2.75) is 13.8 Å². The number of benzene rings is 2. The zero-order valence-electron chi connectivity index (χ0n) is 11.3. The van der Waals surface area contributed by atoms with Crippen molar-refractivity contribution in [2.24, 2.45) is 0 Å². The van der Waals surface area contributed by atoms with Crippen LogP contribution in [-0.2, 0) is 0 Å². The van der Waals surface area contributed by atoms with E-state index >= 15 is 0 Å². The van der Waals surface area contributed by atoms with Gasteiger partial charge in [-0.2, -0.15) is 0 Å². The van der Waals surface area contributed by atoms with Gasteiger partial charge in [0.05, 0.1) is 5.56 Å². The van der Waals surface area contributed by atoms with Crippen molar-refractivity contribution in [3.05, 3.63) is 53.1 Å². The standard InChI is InChI=1S/C16H14O4/c1-10-3-4-11(2)13(7-10)16(17)20-12-5-6-14-15(8-12)19-9-18-14/h3-8H,9H2,1-2H3. The van der Waals surface area contributed by atoms with Gasteiger partial charge in [-0.25, -0.2) is 4.79 Å². The van der Waals surface area contributed by atoms with Crippen molar-refractivity contribution in [1.82, 2.24) is 0 Å². The molecule has 3 rings (SSSR count). The Morgan fingerprint density at radius 2 is 1.85 bits per heavy atom. The van der Waals surface area contributed by atoms with Gasteiger partial charge in [0.2, 0.25) is 6.79 Å². The molecule has 0 unspecified atom stereocenters. The summed E-state index contributed by atoms with van der Waals surface area (Å²) in [6, 6.07) is 10.8. The highest BCUT2D eigenvalue weighted by Crippen LogP contribution is 2.35. The third-order valence-corrected chi connectivity index (χ3v) is 3.17. The lowest BCUT2D eigenvalue weighted by Gasteiger charge is -2.08. The van der Waals surface area contributed by atoms with E-state index in [1.165, 1.54) is 0 Å². The number of carbonyl (C=O) groups excluding carboxylic acids is 1. The Bertz CT molecular complexity index is 676. The van der Waals surface area contributed by atoms with Crippen LogP contribution in [0.4, 0.5) is 0 Å². The number of carbonyl (C=O) groups is 1. The van der Waals surface area contributed by atoms with Crippen molar-refractivity contribution in [1.29, 1.82) is 0 Å². The quantitative estimate of drug-likeness (QED) is 0.620. The van der Waals surface area contributed by atoms with Crippen LogP contribution in [0.2, 0.25) is 0 Å². The van der Waals surface area contributed by atoms with Crippen LogP contribution in [0.3, 0.4) is 0 Å². The first kappa shape index (κ1) is 12.5. The van der Waals surface area contributed by atoms with Gasteiger partial charge in [-0.15, -0.1) is 0 Å². The maximum atomic E-state index is 12.2. The molecule has 2 aromatic carbocycles. The minimum Gasteiger partial charge on any atom is -0.454 e. The molecule has 0 amide bonds. The highest BCUT2D eigenvalue weighted by atomic mass is 16.7. The van der Waals surface area contributed by atoms with Crippen molar-refractivity contribution in [2.75, 3.05) is 6.79 Å². The lowest BCUT2D eigenvalue weighted by atomic mass is 10.1. The minimum atomic E-state index is -0.370. The van der Waals surface area contributed by atoms with E-state index in [2.05, 4.69) is 0 Å². The molecule has 0 N–H and O–H groups in total. The summed E-state index contributed by atoms with van der Waals surface area (Å²) in [5.74, 6) is 1.33. The van der Waals surface area contributed by atoms with Crippen LogP contribution >= 0.6 is 0 Å². The summed E-state index contributed by atoms with van der Waals surface area (Å²) in [6.07, 6.45) is 0. The molecular weight excluding hydrogens is 256 g/mol. The third-order valence-electron chi connectivity index (χ3n) is 3.17. The van der Waals surface area contributed by atoms with E-state index in [9.17, 15) is 4.79 Å². The van der Waals surface area contributed by atoms with Crippen molar-refractivity contribution in [3.8, 4) is 17.2 Å². The summed E-state index contributed by atoms with van der Waals surface area (Å²) >= 11 is 0. The Hall–Kier alpha value is -2.49. The predicted octanol–water partition coefficient (Wildman–Crippen LogP) is 3.25. The number of hydrogen-bond donors (Lipinski definition) is 0. The van der Waals surface area contributed by atoms with Crippen LogP contribution in [0.25, 0.3) is 0 Å². The van der Waals surface area contributed by atoms with Crippen LogP contribution in [-0.4, -0.2) is 12.8 Å². The molecular formula is C16H14O4. The summed E-state index contributed by atoms with van der Waals surface area (Å²) in [5, 5.41) is 0. The molecule has 0 aromatic heterocycles. The molecule has 2 aromatic rings. The molecule has 102 valence electrons. The fourth-order valence-electron chi connectivity index (χ4n) is 2.06. The largest absolute Gasteiger partial charge is 0.454 e. The van der Waals surface area contributed by atoms with E-state index in [0.717, 1.165) is 11.1 Å². The molecule has 20 heavy (non-hydrogen) atoms. The molecule has 0 aliphatic carbocycles. The SMILES string of the molecule is Cc1ccc(C)c(C(=O)Oc2ccc3c(c2)OCO3)c1. The predicted molar refractivity (Wildman–Crippen MR) is 73.4 cm³/mol. The topological polar surface area (TPSA) is 44.8 Å². The van der Waals surface area contributed by atoms with Crippen molar-refractivity contribution >= 4 is 5.97 Å². The number of esters is 1. The highest BCUT2D eigenvalue weighted by Gasteiger charge is 2.16. The van der Waals surface area contributed by atoms with Crippen LogP contribution in [0.15, 0.2) is 36.4 Å². The summed E-state index contributed by atoms with van der Waals surface area (Å²) in [4.78, 5) is 12.2. The first-order valence-electron chi connectivity index (χ1n) is 6.32. The third kappa shape index (κ3) is 2.32. The van der Waals surface area contributed by atoms with Gasteiger partial charge in [0, 0.05) is 6.07 Å². The van der Waals surface area contributed by atoms with Gasteiger partial charge in [-0.1, -0.05) is 17.7 Å². The fourth-order valence-corrected chi connectivity index (χ4v) is 2.06. The van der Waals surface area contributed by atoms with Gasteiger partial charge >= 0.3 is 5.97 Å². The molecule has 0 spiro atoms. The number of ether oxygens (including phenoxy) is 3. The Morgan fingerprint density at radius 3 is 2.70 bits per heavy atom. The molecule has 0 radical (unpaired) electrons. The van der Waals surface area contributed by atoms with E-state index in [0.29, 0.717) is 22.8 Å².